The third kappa shape index (κ3) is 3.85. The second-order valence-corrected chi connectivity index (χ2v) is 9.39. The van der Waals surface area contributed by atoms with Crippen molar-refractivity contribution in [3.05, 3.63) is 74.6 Å². The zero-order chi connectivity index (χ0) is 24.7. The van der Waals surface area contributed by atoms with Crippen LogP contribution in [0.15, 0.2) is 51.7 Å². The number of fused-ring (bicyclic) bond motifs is 2. The molecule has 1 amide bonds. The van der Waals surface area contributed by atoms with Gasteiger partial charge in [-0.25, -0.2) is 0 Å². The van der Waals surface area contributed by atoms with Crippen LogP contribution < -0.4 is 19.8 Å². The lowest BCUT2D eigenvalue weighted by Crippen LogP contribution is -2.29. The maximum Gasteiger partial charge on any atom is 0.297 e. The van der Waals surface area contributed by atoms with E-state index in [-0.39, 0.29) is 22.7 Å². The SMILES string of the molecule is CCOc1ccc(C2c3c(oc4ccccc4c3=O)C(=O)N2c2nnc(C(C)C)s2)cc1OCC. The summed E-state index contributed by atoms with van der Waals surface area (Å²) in [5.41, 5.74) is 1.09. The number of rotatable bonds is 7. The largest absolute Gasteiger partial charge is 0.490 e. The van der Waals surface area contributed by atoms with Gasteiger partial charge in [-0.3, -0.25) is 14.5 Å². The Hall–Kier alpha value is -3.72. The molecule has 3 heterocycles. The minimum absolute atomic E-state index is 0.0202. The van der Waals surface area contributed by atoms with Crippen LogP contribution in [0.1, 0.15) is 66.3 Å². The lowest BCUT2D eigenvalue weighted by atomic mass is 9.98. The Balaban J connectivity index is 1.75. The number of hydrogen-bond donors (Lipinski definition) is 0. The Morgan fingerprint density at radius 3 is 2.49 bits per heavy atom. The predicted molar refractivity (Wildman–Crippen MR) is 134 cm³/mol. The van der Waals surface area contributed by atoms with E-state index in [4.69, 9.17) is 13.9 Å². The molecule has 9 heteroatoms. The molecule has 5 rings (SSSR count). The molecule has 2 aromatic carbocycles. The van der Waals surface area contributed by atoms with E-state index in [2.05, 4.69) is 10.2 Å². The number of carbonyl (C=O) groups excluding carboxylic acids is 1. The van der Waals surface area contributed by atoms with Gasteiger partial charge in [0.2, 0.25) is 10.9 Å². The van der Waals surface area contributed by atoms with Gasteiger partial charge in [0.05, 0.1) is 30.2 Å². The minimum atomic E-state index is -0.749. The third-order valence-corrected chi connectivity index (χ3v) is 7.01. The smallest absolute Gasteiger partial charge is 0.297 e. The molecule has 0 fully saturated rings. The van der Waals surface area contributed by atoms with Gasteiger partial charge in [-0.15, -0.1) is 10.2 Å². The molecule has 0 N–H and O–H groups in total. The van der Waals surface area contributed by atoms with Crippen molar-refractivity contribution in [2.24, 2.45) is 0 Å². The van der Waals surface area contributed by atoms with Crippen molar-refractivity contribution < 1.29 is 18.7 Å². The molecule has 1 aliphatic heterocycles. The summed E-state index contributed by atoms with van der Waals surface area (Å²) in [4.78, 5) is 28.9. The van der Waals surface area contributed by atoms with Gasteiger partial charge in [-0.1, -0.05) is 43.4 Å². The van der Waals surface area contributed by atoms with E-state index in [0.717, 1.165) is 5.01 Å². The summed E-state index contributed by atoms with van der Waals surface area (Å²) in [6.45, 7) is 8.73. The van der Waals surface area contributed by atoms with Crippen LogP contribution in [-0.4, -0.2) is 29.3 Å². The van der Waals surface area contributed by atoms with E-state index in [1.165, 1.54) is 16.2 Å². The van der Waals surface area contributed by atoms with Crippen LogP contribution in [0, 0.1) is 0 Å². The fraction of sp³-hybridized carbons (Fsp3) is 0.308. The molecule has 1 atom stereocenters. The minimum Gasteiger partial charge on any atom is -0.490 e. The summed E-state index contributed by atoms with van der Waals surface area (Å²) >= 11 is 1.33. The molecule has 0 spiro atoms. The fourth-order valence-corrected chi connectivity index (χ4v) is 5.10. The summed E-state index contributed by atoms with van der Waals surface area (Å²) in [7, 11) is 0. The molecule has 0 saturated heterocycles. The molecule has 0 aliphatic carbocycles. The molecule has 2 aromatic heterocycles. The Kier molecular flexibility index (Phi) is 6.02. The quantitative estimate of drug-likeness (QED) is 0.345. The van der Waals surface area contributed by atoms with E-state index >= 15 is 0 Å². The van der Waals surface area contributed by atoms with Gasteiger partial charge < -0.3 is 13.9 Å². The van der Waals surface area contributed by atoms with Crippen LogP contribution in [0.5, 0.6) is 11.5 Å². The first-order valence-electron chi connectivity index (χ1n) is 11.6. The first kappa shape index (κ1) is 23.0. The van der Waals surface area contributed by atoms with Gasteiger partial charge in [0.25, 0.3) is 5.91 Å². The van der Waals surface area contributed by atoms with Crippen molar-refractivity contribution in [2.75, 3.05) is 18.1 Å². The highest BCUT2D eigenvalue weighted by molar-refractivity contribution is 7.15. The Morgan fingerprint density at radius 1 is 1.03 bits per heavy atom. The van der Waals surface area contributed by atoms with Crippen LogP contribution >= 0.6 is 11.3 Å². The van der Waals surface area contributed by atoms with Crippen molar-refractivity contribution in [2.45, 2.75) is 39.7 Å². The van der Waals surface area contributed by atoms with Crippen molar-refractivity contribution in [1.82, 2.24) is 10.2 Å². The monoisotopic (exact) mass is 491 g/mol. The number of nitrogens with zero attached hydrogens (tertiary/aromatic N) is 3. The normalized spacial score (nSPS) is 15.2. The molecule has 0 radical (unpaired) electrons. The Labute approximate surface area is 206 Å². The van der Waals surface area contributed by atoms with E-state index in [9.17, 15) is 9.59 Å². The summed E-state index contributed by atoms with van der Waals surface area (Å²) in [6, 6.07) is 11.6. The van der Waals surface area contributed by atoms with E-state index in [1.54, 1.807) is 30.3 Å². The van der Waals surface area contributed by atoms with Crippen molar-refractivity contribution >= 4 is 33.3 Å². The molecular weight excluding hydrogens is 466 g/mol. The molecule has 4 aromatic rings. The number of carbonyl (C=O) groups is 1. The van der Waals surface area contributed by atoms with E-state index in [1.807, 2.05) is 39.8 Å². The number of anilines is 1. The Morgan fingerprint density at radius 2 is 1.77 bits per heavy atom. The number of aromatic nitrogens is 2. The van der Waals surface area contributed by atoms with E-state index in [0.29, 0.717) is 46.4 Å². The lowest BCUT2D eigenvalue weighted by Gasteiger charge is -2.23. The highest BCUT2D eigenvalue weighted by Crippen LogP contribution is 2.44. The maximum absolute atomic E-state index is 13.7. The summed E-state index contributed by atoms with van der Waals surface area (Å²) in [6.07, 6.45) is 0. The van der Waals surface area contributed by atoms with Crippen molar-refractivity contribution in [3.63, 3.8) is 0 Å². The highest BCUT2D eigenvalue weighted by atomic mass is 32.1. The molecule has 1 unspecified atom stereocenters. The number of ether oxygens (including phenoxy) is 2. The summed E-state index contributed by atoms with van der Waals surface area (Å²) in [5.74, 6) is 0.880. The van der Waals surface area contributed by atoms with Crippen molar-refractivity contribution in [1.29, 1.82) is 0 Å². The molecule has 0 saturated carbocycles. The standard InChI is InChI=1S/C26H25N3O5S/c1-5-32-18-12-11-15(13-19(18)33-6-2)21-20-22(30)16-9-7-8-10-17(16)34-23(20)25(31)29(21)26-28-27-24(35-26)14(3)4/h7-14,21H,5-6H2,1-4H3. The van der Waals surface area contributed by atoms with Gasteiger partial charge in [-0.2, -0.15) is 0 Å². The number of hydrogen-bond acceptors (Lipinski definition) is 8. The number of amides is 1. The molecule has 35 heavy (non-hydrogen) atoms. The van der Waals surface area contributed by atoms with E-state index < -0.39 is 11.9 Å². The van der Waals surface area contributed by atoms with Crippen molar-refractivity contribution in [3.8, 4) is 11.5 Å². The maximum atomic E-state index is 13.7. The Bertz CT molecular complexity index is 1480. The topological polar surface area (TPSA) is 94.8 Å². The van der Waals surface area contributed by atoms with Gasteiger partial charge in [0.15, 0.2) is 16.9 Å². The number of para-hydroxylation sites is 1. The molecule has 180 valence electrons. The first-order valence-corrected chi connectivity index (χ1v) is 12.4. The van der Waals surface area contributed by atoms with Crippen LogP contribution in [0.3, 0.4) is 0 Å². The number of benzene rings is 2. The predicted octanol–water partition coefficient (Wildman–Crippen LogP) is 5.32. The van der Waals surface area contributed by atoms with Crippen LogP contribution in [0.25, 0.3) is 11.0 Å². The van der Waals surface area contributed by atoms with Gasteiger partial charge in [-0.05, 0) is 43.7 Å². The zero-order valence-corrected chi connectivity index (χ0v) is 20.7. The van der Waals surface area contributed by atoms with Gasteiger partial charge >= 0.3 is 0 Å². The zero-order valence-electron chi connectivity index (χ0n) is 19.9. The highest BCUT2D eigenvalue weighted by Gasteiger charge is 2.45. The fourth-order valence-electron chi connectivity index (χ4n) is 4.23. The van der Waals surface area contributed by atoms with Crippen LogP contribution in [0.4, 0.5) is 5.13 Å². The van der Waals surface area contributed by atoms with Crippen LogP contribution in [-0.2, 0) is 0 Å². The van der Waals surface area contributed by atoms with Crippen LogP contribution in [0.2, 0.25) is 0 Å². The molecular formula is C26H25N3O5S. The molecule has 0 bridgehead atoms. The average Bonchev–Trinajstić information content (AvgIpc) is 3.44. The summed E-state index contributed by atoms with van der Waals surface area (Å²) in [5, 5.41) is 10.2. The first-order chi connectivity index (χ1) is 16.9. The van der Waals surface area contributed by atoms with Gasteiger partial charge in [0, 0.05) is 5.92 Å². The lowest BCUT2D eigenvalue weighted by molar-refractivity contribution is 0.0970. The second-order valence-electron chi connectivity index (χ2n) is 8.40. The van der Waals surface area contributed by atoms with Gasteiger partial charge in [0.1, 0.15) is 10.6 Å². The molecule has 1 aliphatic rings. The summed E-state index contributed by atoms with van der Waals surface area (Å²) < 4.78 is 17.5. The average molecular weight is 492 g/mol. The molecule has 8 nitrogen and oxygen atoms in total. The second kappa shape index (κ2) is 9.14. The third-order valence-electron chi connectivity index (χ3n) is 5.79.